The molecule has 0 spiro atoms. The SMILES string of the molecule is CCCCCCCCCCCCC(C)C(OCC)(OCC)S(=O)(=O)[O-].[Na+]. The van der Waals surface area contributed by atoms with Crippen LogP contribution in [0.4, 0.5) is 0 Å². The van der Waals surface area contributed by atoms with Crippen LogP contribution in [-0.4, -0.2) is 31.3 Å². The Kier molecular flexibility index (Phi) is 18.7. The van der Waals surface area contributed by atoms with Crippen molar-refractivity contribution in [3.8, 4) is 0 Å². The van der Waals surface area contributed by atoms with Crippen LogP contribution < -0.4 is 29.6 Å². The van der Waals surface area contributed by atoms with Gasteiger partial charge in [-0.05, 0) is 20.3 Å². The van der Waals surface area contributed by atoms with Crippen LogP contribution in [0.15, 0.2) is 0 Å². The Morgan fingerprint density at radius 3 is 1.54 bits per heavy atom. The third-order valence-corrected chi connectivity index (χ3v) is 5.97. The minimum Gasteiger partial charge on any atom is -0.744 e. The maximum absolute atomic E-state index is 11.8. The third kappa shape index (κ3) is 11.0. The van der Waals surface area contributed by atoms with Crippen LogP contribution in [0, 0.1) is 5.92 Å². The summed E-state index contributed by atoms with van der Waals surface area (Å²) < 4.78 is 45.9. The summed E-state index contributed by atoms with van der Waals surface area (Å²) in [5.41, 5.74) is 0. The Hall–Kier alpha value is 0.830. The zero-order valence-electron chi connectivity index (χ0n) is 17.7. The van der Waals surface area contributed by atoms with Gasteiger partial charge in [-0.15, -0.1) is 0 Å². The van der Waals surface area contributed by atoms with Gasteiger partial charge in [0.1, 0.15) is 0 Å². The molecule has 0 amide bonds. The summed E-state index contributed by atoms with van der Waals surface area (Å²) in [6.45, 7) is 7.56. The molecule has 0 N–H and O–H groups in total. The van der Waals surface area contributed by atoms with Crippen molar-refractivity contribution in [2.24, 2.45) is 5.92 Å². The summed E-state index contributed by atoms with van der Waals surface area (Å²) in [5.74, 6) is -0.482. The predicted molar refractivity (Wildman–Crippen MR) is 101 cm³/mol. The fraction of sp³-hybridized carbons (Fsp3) is 1.00. The first-order valence-electron chi connectivity index (χ1n) is 10.1. The molecule has 7 heteroatoms. The van der Waals surface area contributed by atoms with E-state index < -0.39 is 21.2 Å². The number of hydrogen-bond acceptors (Lipinski definition) is 5. The largest absolute Gasteiger partial charge is 1.00 e. The topological polar surface area (TPSA) is 75.7 Å². The molecule has 0 aliphatic rings. The summed E-state index contributed by atoms with van der Waals surface area (Å²) >= 11 is 0. The molecule has 0 aliphatic heterocycles. The molecule has 0 saturated carbocycles. The molecule has 0 aromatic heterocycles. The van der Waals surface area contributed by atoms with Crippen molar-refractivity contribution in [1.82, 2.24) is 0 Å². The van der Waals surface area contributed by atoms with Gasteiger partial charge in [0.15, 0.2) is 10.1 Å². The molecule has 0 saturated heterocycles. The summed E-state index contributed by atoms with van der Waals surface area (Å²) in [5, 5.41) is -2.05. The summed E-state index contributed by atoms with van der Waals surface area (Å²) in [7, 11) is -4.71. The quantitative estimate of drug-likeness (QED) is 0.161. The summed E-state index contributed by atoms with van der Waals surface area (Å²) in [6.07, 6.45) is 12.8. The molecule has 0 bridgehead atoms. The van der Waals surface area contributed by atoms with Gasteiger partial charge in [0.25, 0.3) is 5.12 Å². The second-order valence-corrected chi connectivity index (χ2v) is 8.27. The third-order valence-electron chi connectivity index (χ3n) is 4.63. The zero-order valence-corrected chi connectivity index (χ0v) is 20.5. The first-order chi connectivity index (χ1) is 11.9. The molecule has 0 aliphatic carbocycles. The van der Waals surface area contributed by atoms with Crippen LogP contribution in [0.1, 0.15) is 98.3 Å². The van der Waals surface area contributed by atoms with Gasteiger partial charge in [-0.25, -0.2) is 8.42 Å². The van der Waals surface area contributed by atoms with E-state index in [0.29, 0.717) is 6.42 Å². The number of rotatable bonds is 17. The fourth-order valence-corrected chi connectivity index (χ4v) is 4.37. The Labute approximate surface area is 184 Å². The van der Waals surface area contributed by atoms with Crippen molar-refractivity contribution in [2.45, 2.75) is 103 Å². The van der Waals surface area contributed by atoms with E-state index in [2.05, 4.69) is 6.92 Å². The molecule has 0 radical (unpaired) electrons. The molecule has 0 rings (SSSR count). The van der Waals surface area contributed by atoms with Gasteiger partial charge in [-0.1, -0.05) is 78.1 Å². The van der Waals surface area contributed by atoms with Gasteiger partial charge in [0, 0.05) is 19.1 Å². The van der Waals surface area contributed by atoms with Crippen molar-refractivity contribution >= 4 is 10.1 Å². The maximum Gasteiger partial charge on any atom is 1.00 e. The minimum atomic E-state index is -4.71. The van der Waals surface area contributed by atoms with Crippen molar-refractivity contribution in [1.29, 1.82) is 0 Å². The maximum atomic E-state index is 11.8. The van der Waals surface area contributed by atoms with Gasteiger partial charge in [-0.2, -0.15) is 0 Å². The van der Waals surface area contributed by atoms with E-state index in [1.807, 2.05) is 0 Å². The molecule has 0 heterocycles. The van der Waals surface area contributed by atoms with E-state index in [9.17, 15) is 13.0 Å². The van der Waals surface area contributed by atoms with Crippen LogP contribution in [0.25, 0.3) is 0 Å². The van der Waals surface area contributed by atoms with Gasteiger partial charge in [0.2, 0.25) is 0 Å². The standard InChI is InChI=1S/C19H40O5S.Na/c1-5-8-9-10-11-12-13-14-15-16-17-18(4)19(23-6-2,24-7-3)25(20,21)22;/h18H,5-17H2,1-4H3,(H,20,21,22);/q;+1/p-1. The minimum absolute atomic E-state index is 0. The van der Waals surface area contributed by atoms with Gasteiger partial charge in [0.05, 0.1) is 0 Å². The molecule has 1 unspecified atom stereocenters. The van der Waals surface area contributed by atoms with E-state index >= 15 is 0 Å². The Balaban J connectivity index is 0. The average Bonchev–Trinajstić information content (AvgIpc) is 2.55. The zero-order chi connectivity index (χ0) is 19.2. The fourth-order valence-electron chi connectivity index (χ4n) is 3.23. The Morgan fingerprint density at radius 1 is 0.808 bits per heavy atom. The van der Waals surface area contributed by atoms with Crippen molar-refractivity contribution < 1.29 is 52.0 Å². The van der Waals surface area contributed by atoms with E-state index in [4.69, 9.17) is 9.47 Å². The molecule has 1 atom stereocenters. The first-order valence-corrected chi connectivity index (χ1v) is 11.5. The van der Waals surface area contributed by atoms with Crippen LogP contribution in [0.5, 0.6) is 0 Å². The number of ether oxygens (including phenoxy) is 2. The van der Waals surface area contributed by atoms with Crippen LogP contribution in [0.2, 0.25) is 0 Å². The first kappa shape index (κ1) is 29.0. The monoisotopic (exact) mass is 402 g/mol. The molecular formula is C19H39NaO5S. The second-order valence-electron chi connectivity index (χ2n) is 6.80. The second kappa shape index (κ2) is 16.8. The number of unbranched alkanes of at least 4 members (excludes halogenated alkanes) is 9. The van der Waals surface area contributed by atoms with E-state index in [0.717, 1.165) is 19.3 Å². The van der Waals surface area contributed by atoms with Crippen LogP contribution in [-0.2, 0) is 19.6 Å². The molecular weight excluding hydrogens is 363 g/mol. The predicted octanol–water partition coefficient (Wildman–Crippen LogP) is 2.21. The van der Waals surface area contributed by atoms with Crippen molar-refractivity contribution in [3.63, 3.8) is 0 Å². The van der Waals surface area contributed by atoms with Crippen molar-refractivity contribution in [2.75, 3.05) is 13.2 Å². The normalized spacial score (nSPS) is 13.4. The van der Waals surface area contributed by atoms with Crippen molar-refractivity contribution in [3.05, 3.63) is 0 Å². The van der Waals surface area contributed by atoms with E-state index in [-0.39, 0.29) is 42.8 Å². The number of hydrogen-bond donors (Lipinski definition) is 0. The van der Waals surface area contributed by atoms with Gasteiger partial charge >= 0.3 is 29.6 Å². The Bertz CT molecular complexity index is 408. The molecule has 26 heavy (non-hydrogen) atoms. The van der Waals surface area contributed by atoms with E-state index in [1.54, 1.807) is 20.8 Å². The molecule has 0 aromatic rings. The Morgan fingerprint density at radius 2 is 1.19 bits per heavy atom. The molecule has 0 aromatic carbocycles. The molecule has 0 fully saturated rings. The van der Waals surface area contributed by atoms with Gasteiger partial charge in [-0.3, -0.25) is 0 Å². The average molecular weight is 403 g/mol. The smallest absolute Gasteiger partial charge is 0.744 e. The van der Waals surface area contributed by atoms with Crippen LogP contribution >= 0.6 is 0 Å². The summed E-state index contributed by atoms with van der Waals surface area (Å²) in [4.78, 5) is 0. The van der Waals surface area contributed by atoms with E-state index in [1.165, 1.54) is 44.9 Å². The van der Waals surface area contributed by atoms with Crippen LogP contribution in [0.3, 0.4) is 0 Å². The van der Waals surface area contributed by atoms with Gasteiger partial charge < -0.3 is 14.0 Å². The molecule has 5 nitrogen and oxygen atoms in total. The summed E-state index contributed by atoms with van der Waals surface area (Å²) in [6, 6.07) is 0. The molecule has 152 valence electrons.